The van der Waals surface area contributed by atoms with Crippen molar-refractivity contribution in [3.05, 3.63) is 23.2 Å². The molecule has 1 saturated carbocycles. The predicted molar refractivity (Wildman–Crippen MR) is 68.7 cm³/mol. The van der Waals surface area contributed by atoms with E-state index in [2.05, 4.69) is 11.9 Å². The van der Waals surface area contributed by atoms with Gasteiger partial charge in [-0.1, -0.05) is 12.8 Å². The van der Waals surface area contributed by atoms with Crippen LogP contribution in [0.3, 0.4) is 0 Å². The lowest BCUT2D eigenvalue weighted by atomic mass is 10.1. The fraction of sp³-hybridized carbons (Fsp3) is 0.643. The highest BCUT2D eigenvalue weighted by molar-refractivity contribution is 5.88. The van der Waals surface area contributed by atoms with Gasteiger partial charge in [-0.3, -0.25) is 4.90 Å². The Balaban J connectivity index is 1.91. The van der Waals surface area contributed by atoms with E-state index in [1.165, 1.54) is 25.7 Å². The molecule has 1 fully saturated rings. The summed E-state index contributed by atoms with van der Waals surface area (Å²) < 4.78 is 5.49. The van der Waals surface area contributed by atoms with E-state index >= 15 is 0 Å². The topological polar surface area (TPSA) is 53.7 Å². The first-order chi connectivity index (χ1) is 8.56. The van der Waals surface area contributed by atoms with Crippen LogP contribution in [0.5, 0.6) is 0 Å². The molecular weight excluding hydrogens is 230 g/mol. The van der Waals surface area contributed by atoms with E-state index in [1.807, 2.05) is 0 Å². The number of furan rings is 1. The van der Waals surface area contributed by atoms with Crippen molar-refractivity contribution in [2.45, 2.75) is 39.2 Å². The van der Waals surface area contributed by atoms with Crippen molar-refractivity contribution in [1.29, 1.82) is 0 Å². The summed E-state index contributed by atoms with van der Waals surface area (Å²) in [6.45, 7) is 3.46. The quantitative estimate of drug-likeness (QED) is 0.874. The number of rotatable bonds is 5. The Hall–Kier alpha value is -1.29. The lowest BCUT2D eigenvalue weighted by Crippen LogP contribution is -2.23. The molecule has 1 aromatic heterocycles. The van der Waals surface area contributed by atoms with E-state index in [1.54, 1.807) is 13.0 Å². The van der Waals surface area contributed by atoms with Crippen molar-refractivity contribution in [2.24, 2.45) is 5.92 Å². The van der Waals surface area contributed by atoms with Crippen molar-refractivity contribution in [2.75, 3.05) is 13.6 Å². The van der Waals surface area contributed by atoms with Gasteiger partial charge in [0.05, 0.1) is 6.54 Å². The largest absolute Gasteiger partial charge is 0.478 e. The van der Waals surface area contributed by atoms with Gasteiger partial charge in [0, 0.05) is 6.54 Å². The van der Waals surface area contributed by atoms with Crippen LogP contribution in [-0.2, 0) is 6.54 Å². The Morgan fingerprint density at radius 2 is 2.17 bits per heavy atom. The van der Waals surface area contributed by atoms with Crippen LogP contribution < -0.4 is 0 Å². The summed E-state index contributed by atoms with van der Waals surface area (Å²) in [5, 5.41) is 8.97. The molecule has 0 amide bonds. The first-order valence-corrected chi connectivity index (χ1v) is 6.57. The predicted octanol–water partition coefficient (Wildman–Crippen LogP) is 2.91. The van der Waals surface area contributed by atoms with Gasteiger partial charge in [-0.25, -0.2) is 4.79 Å². The average Bonchev–Trinajstić information content (AvgIpc) is 2.88. The van der Waals surface area contributed by atoms with E-state index in [9.17, 15) is 4.79 Å². The van der Waals surface area contributed by atoms with Gasteiger partial charge < -0.3 is 9.52 Å². The normalized spacial score (nSPS) is 16.6. The first kappa shape index (κ1) is 13.1. The van der Waals surface area contributed by atoms with Gasteiger partial charge >= 0.3 is 5.97 Å². The molecule has 1 aliphatic carbocycles. The SMILES string of the molecule is Cc1oc(CN(C)CC2CCCC2)cc1C(=O)O. The maximum atomic E-state index is 10.9. The highest BCUT2D eigenvalue weighted by Gasteiger charge is 2.19. The van der Waals surface area contributed by atoms with Crippen molar-refractivity contribution in [3.63, 3.8) is 0 Å². The lowest BCUT2D eigenvalue weighted by molar-refractivity contribution is 0.0695. The molecule has 0 unspecified atom stereocenters. The van der Waals surface area contributed by atoms with E-state index in [0.717, 1.165) is 18.2 Å². The maximum absolute atomic E-state index is 10.9. The van der Waals surface area contributed by atoms with Gasteiger partial charge in [0.15, 0.2) is 0 Å². The smallest absolute Gasteiger partial charge is 0.339 e. The summed E-state index contributed by atoms with van der Waals surface area (Å²) in [6.07, 6.45) is 5.34. The zero-order valence-corrected chi connectivity index (χ0v) is 11.1. The Labute approximate surface area is 108 Å². The van der Waals surface area contributed by atoms with Gasteiger partial charge in [-0.2, -0.15) is 0 Å². The first-order valence-electron chi connectivity index (χ1n) is 6.57. The fourth-order valence-electron chi connectivity index (χ4n) is 2.80. The zero-order chi connectivity index (χ0) is 13.1. The average molecular weight is 251 g/mol. The van der Waals surface area contributed by atoms with Crippen molar-refractivity contribution in [3.8, 4) is 0 Å². The number of nitrogens with zero attached hydrogens (tertiary/aromatic N) is 1. The second-order valence-electron chi connectivity index (χ2n) is 5.33. The summed E-state index contributed by atoms with van der Waals surface area (Å²) in [5.74, 6) is 1.11. The number of carboxylic acid groups (broad SMARTS) is 1. The lowest BCUT2D eigenvalue weighted by Gasteiger charge is -2.19. The molecule has 0 aromatic carbocycles. The van der Waals surface area contributed by atoms with Crippen molar-refractivity contribution >= 4 is 5.97 Å². The van der Waals surface area contributed by atoms with E-state index < -0.39 is 5.97 Å². The van der Waals surface area contributed by atoms with Gasteiger partial charge in [-0.15, -0.1) is 0 Å². The van der Waals surface area contributed by atoms with Gasteiger partial charge in [-0.05, 0) is 38.8 Å². The second-order valence-corrected chi connectivity index (χ2v) is 5.33. The molecule has 0 saturated heterocycles. The highest BCUT2D eigenvalue weighted by atomic mass is 16.4. The minimum atomic E-state index is -0.916. The molecule has 1 N–H and O–H groups in total. The molecule has 1 aromatic rings. The second kappa shape index (κ2) is 5.57. The Bertz CT molecular complexity index is 419. The third-order valence-corrected chi connectivity index (χ3v) is 3.67. The molecule has 4 heteroatoms. The number of aromatic carboxylic acids is 1. The number of hydrogen-bond acceptors (Lipinski definition) is 3. The number of hydrogen-bond donors (Lipinski definition) is 1. The summed E-state index contributed by atoms with van der Waals surface area (Å²) in [7, 11) is 2.07. The molecule has 100 valence electrons. The molecule has 4 nitrogen and oxygen atoms in total. The van der Waals surface area contributed by atoms with Crippen LogP contribution in [0.1, 0.15) is 47.6 Å². The zero-order valence-electron chi connectivity index (χ0n) is 11.1. The Morgan fingerprint density at radius 3 is 2.72 bits per heavy atom. The van der Waals surface area contributed by atoms with Crippen LogP contribution in [0.2, 0.25) is 0 Å². The Morgan fingerprint density at radius 1 is 1.50 bits per heavy atom. The van der Waals surface area contributed by atoms with Crippen molar-refractivity contribution < 1.29 is 14.3 Å². The molecule has 0 aliphatic heterocycles. The monoisotopic (exact) mass is 251 g/mol. The van der Waals surface area contributed by atoms with Gasteiger partial charge in [0.25, 0.3) is 0 Å². The minimum absolute atomic E-state index is 0.277. The van der Waals surface area contributed by atoms with Crippen LogP contribution in [0.25, 0.3) is 0 Å². The van der Waals surface area contributed by atoms with E-state index in [0.29, 0.717) is 12.3 Å². The van der Waals surface area contributed by atoms with Crippen LogP contribution in [0, 0.1) is 12.8 Å². The molecule has 0 spiro atoms. The molecule has 0 bridgehead atoms. The fourth-order valence-corrected chi connectivity index (χ4v) is 2.80. The summed E-state index contributed by atoms with van der Waals surface area (Å²) >= 11 is 0. The molecule has 0 atom stereocenters. The molecule has 0 radical (unpaired) electrons. The number of carbonyl (C=O) groups is 1. The molecule has 1 heterocycles. The van der Waals surface area contributed by atoms with Crippen LogP contribution >= 0.6 is 0 Å². The standard InChI is InChI=1S/C14H21NO3/c1-10-13(14(16)17)7-12(18-10)9-15(2)8-11-5-3-4-6-11/h7,11H,3-6,8-9H2,1-2H3,(H,16,17). The highest BCUT2D eigenvalue weighted by Crippen LogP contribution is 2.25. The number of carboxylic acids is 1. The van der Waals surface area contributed by atoms with Crippen molar-refractivity contribution in [1.82, 2.24) is 4.90 Å². The maximum Gasteiger partial charge on any atom is 0.339 e. The number of aryl methyl sites for hydroxylation is 1. The van der Waals surface area contributed by atoms with Crippen LogP contribution in [0.4, 0.5) is 0 Å². The third-order valence-electron chi connectivity index (χ3n) is 3.67. The molecule has 18 heavy (non-hydrogen) atoms. The molecule has 2 rings (SSSR count). The minimum Gasteiger partial charge on any atom is -0.478 e. The molecular formula is C14H21NO3. The third kappa shape index (κ3) is 3.13. The van der Waals surface area contributed by atoms with E-state index in [4.69, 9.17) is 9.52 Å². The molecule has 1 aliphatic rings. The summed E-state index contributed by atoms with van der Waals surface area (Å²) in [6, 6.07) is 1.64. The van der Waals surface area contributed by atoms with Gasteiger partial charge in [0.1, 0.15) is 17.1 Å². The summed E-state index contributed by atoms with van der Waals surface area (Å²) in [5.41, 5.74) is 0.277. The van der Waals surface area contributed by atoms with Crippen LogP contribution in [-0.4, -0.2) is 29.6 Å². The van der Waals surface area contributed by atoms with Crippen LogP contribution in [0.15, 0.2) is 10.5 Å². The summed E-state index contributed by atoms with van der Waals surface area (Å²) in [4.78, 5) is 13.1. The van der Waals surface area contributed by atoms with Gasteiger partial charge in [0.2, 0.25) is 0 Å². The Kier molecular flexibility index (Phi) is 4.07. The van der Waals surface area contributed by atoms with E-state index in [-0.39, 0.29) is 5.56 Å².